The van der Waals surface area contributed by atoms with E-state index in [4.69, 9.17) is 0 Å². The monoisotopic (exact) mass is 306 g/mol. The van der Waals surface area contributed by atoms with Crippen LogP contribution in [0.25, 0.3) is 0 Å². The van der Waals surface area contributed by atoms with Crippen molar-refractivity contribution >= 4 is 23.7 Å². The highest BCUT2D eigenvalue weighted by Gasteiger charge is 2.48. The number of anilines is 3. The molecule has 23 heavy (non-hydrogen) atoms. The van der Waals surface area contributed by atoms with Crippen LogP contribution in [0.5, 0.6) is 0 Å². The minimum absolute atomic E-state index is 0.478. The molecule has 3 aliphatic rings. The first-order chi connectivity index (χ1) is 11.3. The number of benzene rings is 1. The number of nitrogens with one attached hydrogen (secondary N) is 2. The normalized spacial score (nSPS) is 20.1. The third-order valence-electron chi connectivity index (χ3n) is 4.89. The van der Waals surface area contributed by atoms with Crippen LogP contribution in [-0.4, -0.2) is 42.4 Å². The molecule has 5 rings (SSSR count). The molecule has 0 bridgehead atoms. The van der Waals surface area contributed by atoms with Crippen molar-refractivity contribution in [3.05, 3.63) is 41.6 Å². The molecule has 6 nitrogen and oxygen atoms in total. The van der Waals surface area contributed by atoms with Crippen molar-refractivity contribution in [2.24, 2.45) is 10.4 Å². The van der Waals surface area contributed by atoms with Gasteiger partial charge in [-0.3, -0.25) is 4.99 Å². The number of fused-ring (bicyclic) bond motifs is 1. The van der Waals surface area contributed by atoms with Crippen molar-refractivity contribution in [1.82, 2.24) is 15.3 Å². The van der Waals surface area contributed by atoms with Gasteiger partial charge in [0, 0.05) is 49.7 Å². The summed E-state index contributed by atoms with van der Waals surface area (Å²) in [6, 6.07) is 8.22. The van der Waals surface area contributed by atoms with Crippen molar-refractivity contribution in [1.29, 1.82) is 0 Å². The summed E-state index contributed by atoms with van der Waals surface area (Å²) >= 11 is 0. The lowest BCUT2D eigenvalue weighted by atomic mass is 9.75. The predicted molar refractivity (Wildman–Crippen MR) is 90.6 cm³/mol. The van der Waals surface area contributed by atoms with E-state index >= 15 is 0 Å². The Bertz CT molecular complexity index is 787. The van der Waals surface area contributed by atoms with Crippen molar-refractivity contribution < 1.29 is 0 Å². The molecule has 2 aromatic rings. The fraction of sp³-hybridized carbons (Fsp3) is 0.353. The summed E-state index contributed by atoms with van der Waals surface area (Å²) in [7, 11) is 0. The molecule has 2 saturated heterocycles. The summed E-state index contributed by atoms with van der Waals surface area (Å²) < 4.78 is 0. The first kappa shape index (κ1) is 13.0. The average molecular weight is 306 g/mol. The molecule has 1 spiro atoms. The summed E-state index contributed by atoms with van der Waals surface area (Å²) in [6.45, 7) is 5.15. The van der Waals surface area contributed by atoms with Gasteiger partial charge in [-0.25, -0.2) is 4.98 Å². The minimum Gasteiger partial charge on any atom is -0.340 e. The van der Waals surface area contributed by atoms with E-state index in [1.807, 2.05) is 18.5 Å². The molecule has 1 aromatic heterocycles. The van der Waals surface area contributed by atoms with E-state index in [0.717, 1.165) is 50.2 Å². The lowest BCUT2D eigenvalue weighted by molar-refractivity contribution is 0.119. The Morgan fingerprint density at radius 3 is 2.91 bits per heavy atom. The van der Waals surface area contributed by atoms with Gasteiger partial charge in [0.05, 0.1) is 6.54 Å². The molecule has 6 heteroatoms. The van der Waals surface area contributed by atoms with Gasteiger partial charge in [-0.2, -0.15) is 4.98 Å². The Hall–Kier alpha value is -2.47. The molecule has 2 N–H and O–H groups in total. The summed E-state index contributed by atoms with van der Waals surface area (Å²) in [6.07, 6.45) is 3.75. The maximum Gasteiger partial charge on any atom is 0.227 e. The number of hydrogen-bond acceptors (Lipinski definition) is 6. The second-order valence-corrected chi connectivity index (χ2v) is 6.71. The van der Waals surface area contributed by atoms with Crippen LogP contribution in [0.1, 0.15) is 11.1 Å². The molecule has 0 atom stereocenters. The summed E-state index contributed by atoms with van der Waals surface area (Å²) in [5.41, 5.74) is 3.97. The van der Waals surface area contributed by atoms with Gasteiger partial charge < -0.3 is 15.5 Å². The topological polar surface area (TPSA) is 65.4 Å². The van der Waals surface area contributed by atoms with Gasteiger partial charge in [0.2, 0.25) is 5.95 Å². The predicted octanol–water partition coefficient (Wildman–Crippen LogP) is 1.56. The van der Waals surface area contributed by atoms with E-state index in [9.17, 15) is 0 Å². The molecule has 2 fully saturated rings. The largest absolute Gasteiger partial charge is 0.340 e. The Morgan fingerprint density at radius 2 is 2.09 bits per heavy atom. The van der Waals surface area contributed by atoms with Crippen LogP contribution in [-0.2, 0) is 6.54 Å². The van der Waals surface area contributed by atoms with Crippen molar-refractivity contribution in [3.8, 4) is 0 Å². The van der Waals surface area contributed by atoms with Gasteiger partial charge in [-0.1, -0.05) is 6.07 Å². The van der Waals surface area contributed by atoms with Gasteiger partial charge in [-0.05, 0) is 29.3 Å². The number of aromatic nitrogens is 2. The smallest absolute Gasteiger partial charge is 0.227 e. The standard InChI is InChI=1S/C17H18N6/c1-2-14(5-13-7-18-6-12(1)13)21-15-3-4-20-16(22-15)23-10-17(11-23)8-19-9-17/h1-5,7,19H,6,8-11H2,(H,20,21,22). The second kappa shape index (κ2) is 4.76. The quantitative estimate of drug-likeness (QED) is 0.901. The Labute approximate surface area is 134 Å². The van der Waals surface area contributed by atoms with Gasteiger partial charge in [0.25, 0.3) is 0 Å². The fourth-order valence-corrected chi connectivity index (χ4v) is 3.50. The van der Waals surface area contributed by atoms with E-state index in [0.29, 0.717) is 5.41 Å². The zero-order chi connectivity index (χ0) is 15.3. The van der Waals surface area contributed by atoms with E-state index < -0.39 is 0 Å². The maximum absolute atomic E-state index is 4.66. The number of hydrogen-bond donors (Lipinski definition) is 2. The molecular formula is C17H18N6. The minimum atomic E-state index is 0.478. The second-order valence-electron chi connectivity index (χ2n) is 6.71. The number of nitrogens with zero attached hydrogens (tertiary/aromatic N) is 4. The van der Waals surface area contributed by atoms with Gasteiger partial charge in [-0.15, -0.1) is 0 Å². The van der Waals surface area contributed by atoms with E-state index in [-0.39, 0.29) is 0 Å². The molecule has 1 aromatic carbocycles. The van der Waals surface area contributed by atoms with Crippen molar-refractivity contribution in [3.63, 3.8) is 0 Å². The summed E-state index contributed by atoms with van der Waals surface area (Å²) in [4.78, 5) is 15.6. The molecule has 0 saturated carbocycles. The first-order valence-corrected chi connectivity index (χ1v) is 7.98. The molecule has 3 aliphatic heterocycles. The summed E-state index contributed by atoms with van der Waals surface area (Å²) in [5, 5.41) is 6.72. The number of rotatable bonds is 3. The third kappa shape index (κ3) is 2.17. The van der Waals surface area contributed by atoms with Crippen LogP contribution in [0.15, 0.2) is 35.5 Å². The van der Waals surface area contributed by atoms with E-state index in [1.165, 1.54) is 11.1 Å². The Kier molecular flexibility index (Phi) is 2.69. The summed E-state index contributed by atoms with van der Waals surface area (Å²) in [5.74, 6) is 1.65. The van der Waals surface area contributed by atoms with Crippen molar-refractivity contribution in [2.45, 2.75) is 6.54 Å². The van der Waals surface area contributed by atoms with Crippen LogP contribution in [0.4, 0.5) is 17.5 Å². The number of aliphatic imine (C=N–C) groups is 1. The highest BCUT2D eigenvalue weighted by molar-refractivity contribution is 5.86. The van der Waals surface area contributed by atoms with Crippen LogP contribution in [0.2, 0.25) is 0 Å². The highest BCUT2D eigenvalue weighted by Crippen LogP contribution is 2.36. The van der Waals surface area contributed by atoms with Gasteiger partial charge in [0.15, 0.2) is 0 Å². The highest BCUT2D eigenvalue weighted by atomic mass is 15.3. The van der Waals surface area contributed by atoms with E-state index in [2.05, 4.69) is 48.7 Å². The van der Waals surface area contributed by atoms with Crippen LogP contribution < -0.4 is 15.5 Å². The lowest BCUT2D eigenvalue weighted by Crippen LogP contribution is -2.71. The molecule has 0 aliphatic carbocycles. The van der Waals surface area contributed by atoms with Crippen LogP contribution >= 0.6 is 0 Å². The molecular weight excluding hydrogens is 288 g/mol. The zero-order valence-electron chi connectivity index (χ0n) is 12.8. The van der Waals surface area contributed by atoms with Gasteiger partial charge in [0.1, 0.15) is 5.82 Å². The molecule has 116 valence electrons. The van der Waals surface area contributed by atoms with Crippen LogP contribution in [0.3, 0.4) is 0 Å². The molecule has 0 unspecified atom stereocenters. The fourth-order valence-electron chi connectivity index (χ4n) is 3.50. The van der Waals surface area contributed by atoms with Gasteiger partial charge >= 0.3 is 0 Å². The SMILES string of the molecule is C1=NCc2ccc(Nc3ccnc(N4CC5(CNC5)C4)n3)cc21. The maximum atomic E-state index is 4.66. The van der Waals surface area contributed by atoms with Crippen LogP contribution in [0, 0.1) is 5.41 Å². The average Bonchev–Trinajstić information content (AvgIpc) is 2.92. The van der Waals surface area contributed by atoms with Crippen molar-refractivity contribution in [2.75, 3.05) is 36.4 Å². The molecule has 0 radical (unpaired) electrons. The lowest BCUT2D eigenvalue weighted by Gasteiger charge is -2.55. The molecule has 0 amide bonds. The first-order valence-electron chi connectivity index (χ1n) is 7.98. The molecule has 4 heterocycles. The zero-order valence-corrected chi connectivity index (χ0v) is 12.8. The third-order valence-corrected chi connectivity index (χ3v) is 4.89. The van der Waals surface area contributed by atoms with E-state index in [1.54, 1.807) is 0 Å². The Balaban J connectivity index is 1.33. The Morgan fingerprint density at radius 1 is 1.17 bits per heavy atom.